The van der Waals surface area contributed by atoms with Gasteiger partial charge in [-0.25, -0.2) is 8.42 Å². The lowest BCUT2D eigenvalue weighted by Crippen LogP contribution is -2.31. The normalized spacial score (nSPS) is 13.9. The first kappa shape index (κ1) is 23.5. The number of carbonyl (C=O) groups excluding carboxylic acids is 2. The molecule has 4 rings (SSSR count). The zero-order chi connectivity index (χ0) is 24.5. The maximum absolute atomic E-state index is 13.6. The number of halogens is 1. The van der Waals surface area contributed by atoms with Crippen molar-refractivity contribution in [3.63, 3.8) is 0 Å². The number of rotatable bonds is 5. The van der Waals surface area contributed by atoms with Gasteiger partial charge in [0.2, 0.25) is 9.84 Å². The Balaban J connectivity index is 1.89. The van der Waals surface area contributed by atoms with Crippen molar-refractivity contribution in [3.8, 4) is 6.07 Å². The first-order valence-electron chi connectivity index (χ1n) is 10.4. The van der Waals surface area contributed by atoms with E-state index in [0.29, 0.717) is 5.02 Å². The number of amides is 2. The molecule has 1 heterocycles. The van der Waals surface area contributed by atoms with Crippen LogP contribution in [-0.2, 0) is 16.4 Å². The molecule has 0 atom stereocenters. The van der Waals surface area contributed by atoms with Crippen molar-refractivity contribution in [1.82, 2.24) is 4.90 Å². The molecule has 2 amide bonds. The summed E-state index contributed by atoms with van der Waals surface area (Å²) in [4.78, 5) is 29.2. The molecule has 0 N–H and O–H groups in total. The zero-order valence-corrected chi connectivity index (χ0v) is 19.8. The summed E-state index contributed by atoms with van der Waals surface area (Å²) < 4.78 is 27.1. The number of sulfone groups is 1. The average molecular weight is 494 g/mol. The number of anilines is 1. The molecule has 9 heteroatoms. The fourth-order valence-corrected chi connectivity index (χ4v) is 5.57. The van der Waals surface area contributed by atoms with Gasteiger partial charge in [0.25, 0.3) is 11.8 Å². The second-order valence-electron chi connectivity index (χ2n) is 7.83. The Morgan fingerprint density at radius 3 is 2.47 bits per heavy atom. The van der Waals surface area contributed by atoms with Crippen LogP contribution in [-0.4, -0.2) is 38.7 Å². The Bertz CT molecular complexity index is 1430. The minimum Gasteiger partial charge on any atom is -0.341 e. The van der Waals surface area contributed by atoms with Crippen molar-refractivity contribution in [2.45, 2.75) is 22.8 Å². The number of fused-ring (bicyclic) bond motifs is 2. The van der Waals surface area contributed by atoms with Gasteiger partial charge in [0.15, 0.2) is 0 Å². The summed E-state index contributed by atoms with van der Waals surface area (Å²) in [7, 11) is -2.47. The first-order chi connectivity index (χ1) is 16.2. The van der Waals surface area contributed by atoms with Crippen LogP contribution in [0.5, 0.6) is 0 Å². The van der Waals surface area contributed by atoms with E-state index in [1.54, 1.807) is 43.4 Å². The van der Waals surface area contributed by atoms with E-state index in [1.165, 1.54) is 40.1 Å². The molecule has 1 aliphatic rings. The molecular weight excluding hydrogens is 474 g/mol. The van der Waals surface area contributed by atoms with Gasteiger partial charge in [0.05, 0.1) is 40.1 Å². The van der Waals surface area contributed by atoms with Crippen molar-refractivity contribution >= 4 is 38.9 Å². The minimum absolute atomic E-state index is 0.0593. The van der Waals surface area contributed by atoms with Gasteiger partial charge in [0, 0.05) is 24.2 Å². The molecule has 3 aromatic rings. The predicted molar refractivity (Wildman–Crippen MR) is 127 cm³/mol. The second-order valence-corrected chi connectivity index (χ2v) is 10.2. The smallest absolute Gasteiger partial charge is 0.259 e. The van der Waals surface area contributed by atoms with Crippen LogP contribution in [0, 0.1) is 11.3 Å². The molecule has 0 aromatic heterocycles. The van der Waals surface area contributed by atoms with Crippen LogP contribution in [0.3, 0.4) is 0 Å². The zero-order valence-electron chi connectivity index (χ0n) is 18.2. The molecule has 1 aliphatic heterocycles. The average Bonchev–Trinajstić information content (AvgIpc) is 2.91. The van der Waals surface area contributed by atoms with E-state index < -0.39 is 15.7 Å². The van der Waals surface area contributed by atoms with Crippen LogP contribution in [0.15, 0.2) is 76.5 Å². The van der Waals surface area contributed by atoms with Crippen LogP contribution in [0.1, 0.15) is 32.7 Å². The monoisotopic (exact) mass is 493 g/mol. The van der Waals surface area contributed by atoms with Gasteiger partial charge in [-0.1, -0.05) is 35.9 Å². The minimum atomic E-state index is -4.03. The molecule has 34 heavy (non-hydrogen) atoms. The van der Waals surface area contributed by atoms with Gasteiger partial charge in [-0.05, 0) is 48.0 Å². The Morgan fingerprint density at radius 1 is 1.06 bits per heavy atom. The molecule has 0 spiro atoms. The molecule has 3 aromatic carbocycles. The van der Waals surface area contributed by atoms with Gasteiger partial charge in [0.1, 0.15) is 0 Å². The molecular formula is C25H20ClN3O4S. The summed E-state index contributed by atoms with van der Waals surface area (Å²) in [5, 5.41) is 9.35. The maximum Gasteiger partial charge on any atom is 0.259 e. The van der Waals surface area contributed by atoms with Crippen LogP contribution in [0.2, 0.25) is 5.02 Å². The molecule has 0 fully saturated rings. The maximum atomic E-state index is 13.6. The third kappa shape index (κ3) is 4.28. The highest BCUT2D eigenvalue weighted by Crippen LogP contribution is 2.38. The molecule has 0 aliphatic carbocycles. The summed E-state index contributed by atoms with van der Waals surface area (Å²) in [5.74, 6) is -0.869. The van der Waals surface area contributed by atoms with E-state index >= 15 is 0 Å². The quantitative estimate of drug-likeness (QED) is 0.527. The highest BCUT2D eigenvalue weighted by atomic mass is 35.5. The van der Waals surface area contributed by atoms with Gasteiger partial charge >= 0.3 is 0 Å². The highest BCUT2D eigenvalue weighted by Gasteiger charge is 2.36. The fourth-order valence-electron chi connectivity index (χ4n) is 3.81. The summed E-state index contributed by atoms with van der Waals surface area (Å²) in [6.07, 6.45) is 0.165. The third-order valence-corrected chi connectivity index (χ3v) is 7.71. The predicted octanol–water partition coefficient (Wildman–Crippen LogP) is 4.32. The fraction of sp³-hybridized carbons (Fsp3) is 0.160. The Labute approximate surface area is 202 Å². The van der Waals surface area contributed by atoms with Crippen molar-refractivity contribution in [3.05, 3.63) is 88.4 Å². The van der Waals surface area contributed by atoms with Crippen molar-refractivity contribution < 1.29 is 18.0 Å². The number of benzene rings is 3. The standard InChI is InChI=1S/C25H20ClN3O4S/c1-28(14-4-13-27)24(30)18-9-12-23-21(15-18)29(16-17-7-10-19(26)11-8-17)25(31)20-5-2-3-6-22(20)34(23,32)33/h2-3,5-12,15H,4,14,16H2,1H3. The lowest BCUT2D eigenvalue weighted by Gasteiger charge is -2.24. The summed E-state index contributed by atoms with van der Waals surface area (Å²) in [5.41, 5.74) is 1.14. The lowest BCUT2D eigenvalue weighted by molar-refractivity contribution is 0.0797. The van der Waals surface area contributed by atoms with E-state index in [2.05, 4.69) is 0 Å². The van der Waals surface area contributed by atoms with Crippen molar-refractivity contribution in [1.29, 1.82) is 5.26 Å². The molecule has 0 saturated carbocycles. The molecule has 172 valence electrons. The lowest BCUT2D eigenvalue weighted by atomic mass is 10.1. The van der Waals surface area contributed by atoms with Crippen molar-refractivity contribution in [2.75, 3.05) is 18.5 Å². The molecule has 0 radical (unpaired) electrons. The Kier molecular flexibility index (Phi) is 6.42. The Hall–Kier alpha value is -3.67. The van der Waals surface area contributed by atoms with E-state index in [-0.39, 0.29) is 52.0 Å². The van der Waals surface area contributed by atoms with E-state index in [0.717, 1.165) is 5.56 Å². The van der Waals surface area contributed by atoms with Gasteiger partial charge in [-0.2, -0.15) is 5.26 Å². The largest absolute Gasteiger partial charge is 0.341 e. The van der Waals surface area contributed by atoms with Crippen molar-refractivity contribution in [2.24, 2.45) is 0 Å². The van der Waals surface area contributed by atoms with Crippen LogP contribution >= 0.6 is 11.6 Å². The van der Waals surface area contributed by atoms with Gasteiger partial charge in [-0.15, -0.1) is 0 Å². The molecule has 7 nitrogen and oxygen atoms in total. The number of nitrogens with zero attached hydrogens (tertiary/aromatic N) is 3. The second kappa shape index (κ2) is 9.29. The van der Waals surface area contributed by atoms with E-state index in [1.807, 2.05) is 6.07 Å². The van der Waals surface area contributed by atoms with Crippen LogP contribution in [0.4, 0.5) is 5.69 Å². The highest BCUT2D eigenvalue weighted by molar-refractivity contribution is 7.91. The third-order valence-electron chi connectivity index (χ3n) is 5.60. The number of hydrogen-bond acceptors (Lipinski definition) is 5. The topological polar surface area (TPSA) is 98.5 Å². The number of carbonyl (C=O) groups is 2. The van der Waals surface area contributed by atoms with Gasteiger partial charge in [-0.3, -0.25) is 9.59 Å². The van der Waals surface area contributed by atoms with E-state index in [9.17, 15) is 18.0 Å². The summed E-state index contributed by atoms with van der Waals surface area (Å²) in [6, 6.07) is 19.2. The molecule has 0 unspecified atom stereocenters. The summed E-state index contributed by atoms with van der Waals surface area (Å²) in [6.45, 7) is 0.304. The molecule has 0 saturated heterocycles. The number of hydrogen-bond donors (Lipinski definition) is 0. The van der Waals surface area contributed by atoms with Crippen LogP contribution < -0.4 is 4.90 Å². The number of nitriles is 1. The first-order valence-corrected chi connectivity index (χ1v) is 12.3. The van der Waals surface area contributed by atoms with Crippen LogP contribution in [0.25, 0.3) is 0 Å². The summed E-state index contributed by atoms with van der Waals surface area (Å²) >= 11 is 5.99. The van der Waals surface area contributed by atoms with E-state index in [4.69, 9.17) is 16.9 Å². The Morgan fingerprint density at radius 2 is 1.76 bits per heavy atom. The SMILES string of the molecule is CN(CCC#N)C(=O)c1ccc2c(c1)N(Cc1ccc(Cl)cc1)C(=O)c1ccccc1S2(=O)=O. The van der Waals surface area contributed by atoms with Gasteiger partial charge < -0.3 is 9.80 Å². The molecule has 0 bridgehead atoms.